The third-order valence-corrected chi connectivity index (χ3v) is 3.48. The highest BCUT2D eigenvalue weighted by atomic mass is 16.5. The van der Waals surface area contributed by atoms with E-state index in [1.165, 1.54) is 0 Å². The van der Waals surface area contributed by atoms with Crippen LogP contribution in [0.5, 0.6) is 0 Å². The van der Waals surface area contributed by atoms with E-state index >= 15 is 0 Å². The number of hydrogen-bond donors (Lipinski definition) is 0. The zero-order valence-corrected chi connectivity index (χ0v) is 6.67. The van der Waals surface area contributed by atoms with Gasteiger partial charge in [0.2, 0.25) is 0 Å². The maximum atomic E-state index is 11.4. The summed E-state index contributed by atoms with van der Waals surface area (Å²) in [5.74, 6) is 1.33. The minimum absolute atomic E-state index is 0.00116. The SMILES string of the molecule is CC12CC3CC(C1)C(O2)C3=O. The minimum Gasteiger partial charge on any atom is -0.364 e. The molecule has 2 heterocycles. The minimum atomic E-state index is -0.00116. The first-order chi connectivity index (χ1) is 5.18. The van der Waals surface area contributed by atoms with Crippen molar-refractivity contribution in [2.24, 2.45) is 11.8 Å². The van der Waals surface area contributed by atoms with Gasteiger partial charge in [-0.2, -0.15) is 0 Å². The van der Waals surface area contributed by atoms with Gasteiger partial charge < -0.3 is 4.74 Å². The molecule has 0 aromatic carbocycles. The highest BCUT2D eigenvalue weighted by Gasteiger charge is 2.59. The monoisotopic (exact) mass is 152 g/mol. The first-order valence-electron chi connectivity index (χ1n) is 4.39. The van der Waals surface area contributed by atoms with E-state index in [4.69, 9.17) is 4.74 Å². The standard InChI is InChI=1S/C9H12O2/c1-9-3-5-2-6(4-9)8(11-9)7(5)10/h5-6,8H,2-4H2,1H3. The molecular formula is C9H12O2. The van der Waals surface area contributed by atoms with Gasteiger partial charge in [-0.05, 0) is 32.1 Å². The predicted molar refractivity (Wildman–Crippen MR) is 39.1 cm³/mol. The fourth-order valence-electron chi connectivity index (χ4n) is 3.16. The van der Waals surface area contributed by atoms with Gasteiger partial charge in [-0.15, -0.1) is 0 Å². The van der Waals surface area contributed by atoms with Crippen LogP contribution in [0.2, 0.25) is 0 Å². The lowest BCUT2D eigenvalue weighted by molar-refractivity contribution is -0.146. The van der Waals surface area contributed by atoms with Crippen molar-refractivity contribution in [3.05, 3.63) is 0 Å². The molecule has 0 aromatic rings. The first kappa shape index (κ1) is 6.18. The summed E-state index contributed by atoms with van der Waals surface area (Å²) >= 11 is 0. The molecule has 4 aliphatic rings. The van der Waals surface area contributed by atoms with E-state index in [2.05, 4.69) is 6.92 Å². The Bertz CT molecular complexity index is 232. The Morgan fingerprint density at radius 2 is 2.36 bits per heavy atom. The second kappa shape index (κ2) is 1.53. The number of rotatable bonds is 0. The van der Waals surface area contributed by atoms with Crippen LogP contribution in [0.15, 0.2) is 0 Å². The summed E-state index contributed by atoms with van der Waals surface area (Å²) in [5.41, 5.74) is 0.0756. The average molecular weight is 152 g/mol. The molecule has 11 heavy (non-hydrogen) atoms. The van der Waals surface area contributed by atoms with Crippen molar-refractivity contribution in [1.82, 2.24) is 0 Å². The van der Waals surface area contributed by atoms with Crippen LogP contribution in [0.3, 0.4) is 0 Å². The van der Waals surface area contributed by atoms with E-state index in [0.29, 0.717) is 17.6 Å². The number of Topliss-reactive ketones (excluding diaryl/α,β-unsaturated/α-hetero) is 1. The normalized spacial score (nSPS) is 59.4. The van der Waals surface area contributed by atoms with Gasteiger partial charge in [0.25, 0.3) is 0 Å². The molecule has 2 saturated carbocycles. The first-order valence-corrected chi connectivity index (χ1v) is 4.39. The van der Waals surface area contributed by atoms with Crippen LogP contribution in [0.1, 0.15) is 26.2 Å². The van der Waals surface area contributed by atoms with Gasteiger partial charge in [-0.3, -0.25) is 4.79 Å². The lowest BCUT2D eigenvalue weighted by Gasteiger charge is -2.33. The summed E-state index contributed by atoms with van der Waals surface area (Å²) in [6, 6.07) is 0. The molecule has 2 heteroatoms. The zero-order chi connectivity index (χ0) is 7.64. The Balaban J connectivity index is 2.06. The van der Waals surface area contributed by atoms with Crippen molar-refractivity contribution in [3.63, 3.8) is 0 Å². The molecule has 0 amide bonds. The Kier molecular flexibility index (Phi) is 0.861. The van der Waals surface area contributed by atoms with Crippen molar-refractivity contribution in [2.45, 2.75) is 37.9 Å². The van der Waals surface area contributed by atoms with Gasteiger partial charge >= 0.3 is 0 Å². The smallest absolute Gasteiger partial charge is 0.165 e. The molecule has 60 valence electrons. The van der Waals surface area contributed by atoms with Crippen molar-refractivity contribution in [2.75, 3.05) is 0 Å². The molecule has 4 unspecified atom stereocenters. The molecule has 4 fully saturated rings. The van der Waals surface area contributed by atoms with Gasteiger partial charge in [0, 0.05) is 5.92 Å². The summed E-state index contributed by atoms with van der Waals surface area (Å²) in [6.07, 6.45) is 3.22. The Morgan fingerprint density at radius 3 is 3.00 bits per heavy atom. The number of carbonyl (C=O) groups excluding carboxylic acids is 1. The van der Waals surface area contributed by atoms with Crippen molar-refractivity contribution in [1.29, 1.82) is 0 Å². The van der Waals surface area contributed by atoms with Gasteiger partial charge in [0.15, 0.2) is 5.78 Å². The van der Waals surface area contributed by atoms with Gasteiger partial charge in [-0.25, -0.2) is 0 Å². The lowest BCUT2D eigenvalue weighted by atomic mass is 9.80. The van der Waals surface area contributed by atoms with Crippen LogP contribution in [-0.4, -0.2) is 17.5 Å². The third kappa shape index (κ3) is 0.598. The fourth-order valence-corrected chi connectivity index (χ4v) is 3.16. The van der Waals surface area contributed by atoms with Crippen molar-refractivity contribution < 1.29 is 9.53 Å². The van der Waals surface area contributed by atoms with Crippen molar-refractivity contribution in [3.8, 4) is 0 Å². The maximum Gasteiger partial charge on any atom is 0.165 e. The molecule has 2 aliphatic carbocycles. The van der Waals surface area contributed by atoms with Crippen LogP contribution in [0.4, 0.5) is 0 Å². The number of ketones is 1. The average Bonchev–Trinajstić information content (AvgIpc) is 2.27. The Labute approximate surface area is 65.9 Å². The molecule has 0 radical (unpaired) electrons. The molecule has 2 nitrogen and oxygen atoms in total. The Hall–Kier alpha value is -0.370. The van der Waals surface area contributed by atoms with Gasteiger partial charge in [0.05, 0.1) is 5.60 Å². The quantitative estimate of drug-likeness (QED) is 0.520. The largest absolute Gasteiger partial charge is 0.364 e. The molecule has 2 aliphatic heterocycles. The Morgan fingerprint density at radius 1 is 1.55 bits per heavy atom. The van der Waals surface area contributed by atoms with Crippen molar-refractivity contribution >= 4 is 5.78 Å². The third-order valence-electron chi connectivity index (χ3n) is 3.48. The highest BCUT2D eigenvalue weighted by Crippen LogP contribution is 2.54. The van der Waals surface area contributed by atoms with E-state index in [-0.39, 0.29) is 11.7 Å². The summed E-state index contributed by atoms with van der Waals surface area (Å²) in [6.45, 7) is 2.15. The maximum absolute atomic E-state index is 11.4. The van der Waals surface area contributed by atoms with E-state index in [0.717, 1.165) is 19.3 Å². The molecule has 0 aromatic heterocycles. The second-order valence-electron chi connectivity index (χ2n) is 4.49. The highest BCUT2D eigenvalue weighted by molar-refractivity contribution is 5.89. The van der Waals surface area contributed by atoms with Crippen LogP contribution >= 0.6 is 0 Å². The number of hydrogen-bond acceptors (Lipinski definition) is 2. The van der Waals surface area contributed by atoms with E-state index in [9.17, 15) is 4.79 Å². The van der Waals surface area contributed by atoms with Gasteiger partial charge in [-0.1, -0.05) is 0 Å². The van der Waals surface area contributed by atoms with Crippen LogP contribution in [-0.2, 0) is 9.53 Å². The molecule has 4 bridgehead atoms. The lowest BCUT2D eigenvalue weighted by Crippen LogP contribution is -2.38. The molecule has 0 spiro atoms. The summed E-state index contributed by atoms with van der Waals surface area (Å²) in [7, 11) is 0. The van der Waals surface area contributed by atoms with Gasteiger partial charge in [0.1, 0.15) is 6.10 Å². The zero-order valence-electron chi connectivity index (χ0n) is 6.67. The predicted octanol–water partition coefficient (Wildman–Crippen LogP) is 1.14. The molecule has 4 rings (SSSR count). The fraction of sp³-hybridized carbons (Fsp3) is 0.889. The van der Waals surface area contributed by atoms with Crippen LogP contribution < -0.4 is 0 Å². The van der Waals surface area contributed by atoms with Crippen LogP contribution in [0.25, 0.3) is 0 Å². The number of carbonyl (C=O) groups is 1. The molecule has 2 saturated heterocycles. The molecule has 4 atom stereocenters. The van der Waals surface area contributed by atoms with E-state index < -0.39 is 0 Å². The molecule has 0 N–H and O–H groups in total. The van der Waals surface area contributed by atoms with E-state index in [1.807, 2.05) is 0 Å². The van der Waals surface area contributed by atoms with E-state index in [1.54, 1.807) is 0 Å². The summed E-state index contributed by atoms with van der Waals surface area (Å²) < 4.78 is 5.70. The second-order valence-corrected chi connectivity index (χ2v) is 4.49. The number of ether oxygens (including phenoxy) is 1. The topological polar surface area (TPSA) is 26.3 Å². The summed E-state index contributed by atoms with van der Waals surface area (Å²) in [4.78, 5) is 11.4. The summed E-state index contributed by atoms with van der Waals surface area (Å²) in [5, 5.41) is 0. The molecular weight excluding hydrogens is 140 g/mol. The van der Waals surface area contributed by atoms with Crippen LogP contribution in [0, 0.1) is 11.8 Å².